The second-order valence-corrected chi connectivity index (χ2v) is 11.6. The molecular formula is C23H40GdN7O10S2. The number of ketones is 1. The third-order valence-corrected chi connectivity index (χ3v) is 7.73. The van der Waals surface area contributed by atoms with Gasteiger partial charge in [-0.05, 0) is 14.0 Å². The van der Waals surface area contributed by atoms with E-state index >= 15 is 0 Å². The number of carbonyl (C=O) groups excluding carboxylic acids is 6. The van der Waals surface area contributed by atoms with Crippen molar-refractivity contribution in [1.82, 2.24) is 25.3 Å². The maximum absolute atomic E-state index is 12.6. The van der Waals surface area contributed by atoms with Gasteiger partial charge in [-0.1, -0.05) is 21.6 Å². The normalized spacial score (nSPS) is 12.1. The first kappa shape index (κ1) is 45.8. The number of carboxylic acid groups (broad SMARTS) is 2. The number of rotatable bonds is 25. The fourth-order valence-corrected chi connectivity index (χ4v) is 5.81. The van der Waals surface area contributed by atoms with Crippen molar-refractivity contribution in [3.8, 4) is 0 Å². The molecule has 0 bridgehead atoms. The number of likely N-dealkylation sites (N-methyl/N-ethyl adjacent to an activating group) is 1. The molecule has 0 aromatic carbocycles. The van der Waals surface area contributed by atoms with Gasteiger partial charge in [-0.3, -0.25) is 33.9 Å². The van der Waals surface area contributed by atoms with Crippen LogP contribution in [0.1, 0.15) is 6.92 Å². The van der Waals surface area contributed by atoms with Crippen molar-refractivity contribution in [3.63, 3.8) is 0 Å². The molecule has 0 rings (SSSR count). The van der Waals surface area contributed by atoms with Gasteiger partial charge in [-0.2, -0.15) is 0 Å². The van der Waals surface area contributed by atoms with Crippen molar-refractivity contribution < 1.29 is 89.5 Å². The fourth-order valence-electron chi connectivity index (χ4n) is 3.37. The topological polar surface area (TPSA) is 289 Å². The summed E-state index contributed by atoms with van der Waals surface area (Å²) in [4.78, 5) is 73.8. The number of carboxylic acids is 2. The van der Waals surface area contributed by atoms with Crippen LogP contribution in [-0.4, -0.2) is 145 Å². The predicted octanol–water partition coefficient (Wildman–Crippen LogP) is -7.54. The van der Waals surface area contributed by atoms with Crippen LogP contribution in [0.25, 0.3) is 0 Å². The van der Waals surface area contributed by atoms with Crippen LogP contribution in [0.3, 0.4) is 0 Å². The minimum absolute atomic E-state index is 0. The number of hydrogen-bond acceptors (Lipinski definition) is 15. The first-order valence-electron chi connectivity index (χ1n) is 12.3. The van der Waals surface area contributed by atoms with Gasteiger partial charge in [-0.25, -0.2) is 0 Å². The number of nitrogens with two attached hydrogens (primary N) is 2. The number of primary amides is 2. The standard InChI is InChI=1S/C23H41N7O9S2.Gd.H2O/c1-15(31)8-29(9-16(2)32)6-4-28(11-20(34)35)5-7-30(12-21(36)37)10-19(33)27-18(23(25)39)14-41-40-13-17(26-3)22(24)38;;/h17-18,26,31H,1,4-14H2,2-3H3,(H2,24,38)(H2,25,39)(H,27,33)(H,34,35)(H,36,37);;1H2/q;+3;/p-3. The Hall–Kier alpha value is -1.62. The van der Waals surface area contributed by atoms with E-state index in [0.717, 1.165) is 0 Å². The summed E-state index contributed by atoms with van der Waals surface area (Å²) >= 11 is 0. The van der Waals surface area contributed by atoms with Crippen LogP contribution in [0, 0.1) is 39.9 Å². The molecule has 0 saturated carbocycles. The van der Waals surface area contributed by atoms with E-state index in [1.165, 1.54) is 43.2 Å². The van der Waals surface area contributed by atoms with Gasteiger partial charge in [0.25, 0.3) is 0 Å². The molecule has 0 spiro atoms. The third-order valence-electron chi connectivity index (χ3n) is 5.31. The number of aliphatic carboxylic acids is 2. The molecule has 247 valence electrons. The molecule has 0 aliphatic carbocycles. The summed E-state index contributed by atoms with van der Waals surface area (Å²) in [5.41, 5.74) is 10.6. The number of carbonyl (C=O) groups is 6. The van der Waals surface area contributed by atoms with E-state index in [1.54, 1.807) is 7.05 Å². The molecule has 0 saturated heterocycles. The molecule has 2 unspecified atom stereocenters. The minimum atomic E-state index is -1.49. The molecular weight excluding hydrogens is 756 g/mol. The molecule has 8 N–H and O–H groups in total. The Morgan fingerprint density at radius 1 is 0.744 bits per heavy atom. The van der Waals surface area contributed by atoms with Gasteiger partial charge in [0.15, 0.2) is 0 Å². The molecule has 0 aliphatic heterocycles. The average molecular weight is 796 g/mol. The summed E-state index contributed by atoms with van der Waals surface area (Å²) in [5, 5.41) is 39.1. The molecule has 0 aromatic rings. The quantitative estimate of drug-likeness (QED) is 0.0379. The summed E-state index contributed by atoms with van der Waals surface area (Å²) in [6.07, 6.45) is 0. The van der Waals surface area contributed by atoms with Crippen LogP contribution in [0.2, 0.25) is 0 Å². The third kappa shape index (κ3) is 24.4. The SMILES string of the molecule is C=C([O-])CN(CCN(CCN(CC(=O)[O-])CC(=O)NC(CSSCC(NC)C(N)=O)C(N)=O)CC(=O)[O-])CC(C)=O.O.[Gd+3]. The molecule has 0 fully saturated rings. The van der Waals surface area contributed by atoms with E-state index in [2.05, 4.69) is 17.2 Å². The van der Waals surface area contributed by atoms with Gasteiger partial charge >= 0.3 is 39.9 Å². The molecule has 3 amide bonds. The molecule has 17 nitrogen and oxygen atoms in total. The Kier molecular flexibility index (Phi) is 27.4. The van der Waals surface area contributed by atoms with Gasteiger partial charge in [0.05, 0.1) is 31.1 Å². The second-order valence-electron chi connectivity index (χ2n) is 9.02. The van der Waals surface area contributed by atoms with E-state index in [0.29, 0.717) is 5.75 Å². The van der Waals surface area contributed by atoms with Crippen LogP contribution in [0.5, 0.6) is 0 Å². The Balaban J connectivity index is -0.00000800. The van der Waals surface area contributed by atoms with Crippen molar-refractivity contribution in [3.05, 3.63) is 12.3 Å². The Labute approximate surface area is 290 Å². The largest absolute Gasteiger partial charge is 3.00 e. The summed E-state index contributed by atoms with van der Waals surface area (Å²) in [5.74, 6) is -5.25. The van der Waals surface area contributed by atoms with Gasteiger partial charge in [0, 0.05) is 57.3 Å². The smallest absolute Gasteiger partial charge is 0.875 e. The van der Waals surface area contributed by atoms with Gasteiger partial charge < -0.3 is 52.5 Å². The molecule has 1 radical (unpaired) electrons. The van der Waals surface area contributed by atoms with Crippen molar-refractivity contribution in [1.29, 1.82) is 0 Å². The zero-order valence-corrected chi connectivity index (χ0v) is 27.9. The fraction of sp³-hybridized carbons (Fsp3) is 0.652. The zero-order valence-electron chi connectivity index (χ0n) is 24.0. The van der Waals surface area contributed by atoms with Crippen molar-refractivity contribution >= 4 is 57.0 Å². The Morgan fingerprint density at radius 3 is 1.56 bits per heavy atom. The summed E-state index contributed by atoms with van der Waals surface area (Å²) in [6.45, 7) is 2.92. The molecule has 43 heavy (non-hydrogen) atoms. The summed E-state index contributed by atoms with van der Waals surface area (Å²) < 4.78 is 0. The van der Waals surface area contributed by atoms with Gasteiger partial charge in [0.1, 0.15) is 11.8 Å². The minimum Gasteiger partial charge on any atom is -0.875 e. The zero-order chi connectivity index (χ0) is 31.5. The molecule has 0 aliphatic rings. The van der Waals surface area contributed by atoms with Crippen LogP contribution >= 0.6 is 21.6 Å². The van der Waals surface area contributed by atoms with Crippen molar-refractivity contribution in [2.75, 3.05) is 77.5 Å². The predicted molar refractivity (Wildman–Crippen MR) is 151 cm³/mol. The molecule has 2 atom stereocenters. The summed E-state index contributed by atoms with van der Waals surface area (Å²) in [7, 11) is 3.98. The van der Waals surface area contributed by atoms with Crippen LogP contribution in [0.4, 0.5) is 0 Å². The van der Waals surface area contributed by atoms with E-state index in [1.807, 2.05) is 0 Å². The maximum atomic E-state index is 12.6. The Morgan fingerprint density at radius 2 is 1.16 bits per heavy atom. The second kappa shape index (κ2) is 25.7. The molecule has 0 aromatic heterocycles. The van der Waals surface area contributed by atoms with Crippen LogP contribution < -0.4 is 37.4 Å². The van der Waals surface area contributed by atoms with E-state index in [4.69, 9.17) is 11.5 Å². The van der Waals surface area contributed by atoms with Gasteiger partial charge in [-0.15, -0.1) is 12.3 Å². The van der Waals surface area contributed by atoms with Crippen molar-refractivity contribution in [2.45, 2.75) is 19.0 Å². The van der Waals surface area contributed by atoms with Crippen LogP contribution in [-0.2, 0) is 28.8 Å². The van der Waals surface area contributed by atoms with Crippen molar-refractivity contribution in [2.24, 2.45) is 11.5 Å². The Bertz CT molecular complexity index is 919. The number of nitrogens with zero attached hydrogens (tertiary/aromatic N) is 3. The number of Topliss-reactive ketones (excluding diaryl/α,β-unsaturated/α-hetero) is 1. The first-order chi connectivity index (χ1) is 19.1. The van der Waals surface area contributed by atoms with Gasteiger partial charge in [0.2, 0.25) is 17.7 Å². The van der Waals surface area contributed by atoms with Crippen LogP contribution in [0.15, 0.2) is 12.3 Å². The van der Waals surface area contributed by atoms with E-state index < -0.39 is 67.1 Å². The first-order valence-corrected chi connectivity index (χ1v) is 14.8. The van der Waals surface area contributed by atoms with E-state index in [-0.39, 0.29) is 96.2 Å². The van der Waals surface area contributed by atoms with E-state index in [9.17, 15) is 44.1 Å². The number of nitrogens with one attached hydrogen (secondary N) is 2. The molecule has 0 heterocycles. The number of hydrogen-bond donors (Lipinski definition) is 4. The summed E-state index contributed by atoms with van der Waals surface area (Å²) in [6, 6.07) is -1.68. The number of amides is 3. The average Bonchev–Trinajstić information content (AvgIpc) is 2.82. The monoisotopic (exact) mass is 796 g/mol. The maximum Gasteiger partial charge on any atom is 3.00 e. The molecule has 20 heteroatoms.